The second kappa shape index (κ2) is 11.5. The van der Waals surface area contributed by atoms with Crippen molar-refractivity contribution >= 4 is 71.3 Å². The number of anilines is 3. The van der Waals surface area contributed by atoms with Gasteiger partial charge in [-0.05, 0) is 57.3 Å². The number of benzene rings is 9. The maximum absolute atomic E-state index is 6.84. The molecule has 0 atom stereocenters. The fraction of sp³-hybridized carbons (Fsp3) is 0. The first-order valence-corrected chi connectivity index (χ1v) is 17.1. The Morgan fingerprint density at radius 1 is 0.340 bits per heavy atom. The molecule has 0 aliphatic heterocycles. The molecule has 10 aromatic rings. The summed E-state index contributed by atoms with van der Waals surface area (Å²) in [5.41, 5.74) is 9.88. The fourth-order valence-corrected chi connectivity index (χ4v) is 7.82. The highest BCUT2D eigenvalue weighted by atomic mass is 16.3. The molecule has 10 rings (SSSR count). The zero-order valence-corrected chi connectivity index (χ0v) is 27.3. The van der Waals surface area contributed by atoms with Crippen LogP contribution in [0.4, 0.5) is 17.1 Å². The van der Waals surface area contributed by atoms with Crippen molar-refractivity contribution in [1.82, 2.24) is 0 Å². The summed E-state index contributed by atoms with van der Waals surface area (Å²) in [5, 5.41) is 9.23. The summed E-state index contributed by atoms with van der Waals surface area (Å²) in [6, 6.07) is 67.4. The van der Waals surface area contributed by atoms with Crippen LogP contribution in [0.2, 0.25) is 0 Å². The molecule has 0 aliphatic rings. The topological polar surface area (TPSA) is 16.4 Å². The minimum Gasteiger partial charge on any atom is -0.455 e. The zero-order chi connectivity index (χ0) is 33.0. The van der Waals surface area contributed by atoms with Gasteiger partial charge >= 0.3 is 0 Å². The van der Waals surface area contributed by atoms with Crippen molar-refractivity contribution in [3.63, 3.8) is 0 Å². The van der Waals surface area contributed by atoms with Crippen molar-refractivity contribution in [2.45, 2.75) is 0 Å². The van der Waals surface area contributed by atoms with Gasteiger partial charge in [0.2, 0.25) is 0 Å². The van der Waals surface area contributed by atoms with Crippen molar-refractivity contribution in [3.05, 3.63) is 188 Å². The molecule has 0 bridgehead atoms. The molecule has 0 radical (unpaired) electrons. The molecule has 0 amide bonds. The van der Waals surface area contributed by atoms with Crippen molar-refractivity contribution in [3.8, 4) is 22.3 Å². The molecule has 9 aromatic carbocycles. The van der Waals surface area contributed by atoms with E-state index in [-0.39, 0.29) is 0 Å². The molecule has 0 spiro atoms. The summed E-state index contributed by atoms with van der Waals surface area (Å²) < 4.78 is 6.84. The van der Waals surface area contributed by atoms with E-state index in [1.54, 1.807) is 0 Å². The SMILES string of the molecule is c1ccc(-c2ccccc2-c2cccc3oc4c5ccccc5c(N(c5cccc6ccccc56)c5cccc6ccccc56)cc4c23)cc1. The molecular formula is C48H31NO. The quantitative estimate of drug-likeness (QED) is 0.187. The minimum atomic E-state index is 0.879. The van der Waals surface area contributed by atoms with E-state index in [9.17, 15) is 0 Å². The highest BCUT2D eigenvalue weighted by Crippen LogP contribution is 2.49. The van der Waals surface area contributed by atoms with Crippen LogP contribution in [-0.4, -0.2) is 0 Å². The summed E-state index contributed by atoms with van der Waals surface area (Å²) in [4.78, 5) is 2.46. The van der Waals surface area contributed by atoms with E-state index >= 15 is 0 Å². The van der Waals surface area contributed by atoms with Crippen molar-refractivity contribution in [2.24, 2.45) is 0 Å². The lowest BCUT2D eigenvalue weighted by Gasteiger charge is -2.29. The predicted octanol–water partition coefficient (Wildman–Crippen LogP) is 13.8. The molecule has 2 nitrogen and oxygen atoms in total. The van der Waals surface area contributed by atoms with Crippen LogP contribution in [0.25, 0.3) is 76.5 Å². The first-order valence-electron chi connectivity index (χ1n) is 17.1. The Kier molecular flexibility index (Phi) is 6.53. The maximum atomic E-state index is 6.84. The Morgan fingerprint density at radius 3 is 1.56 bits per heavy atom. The average Bonchev–Trinajstić information content (AvgIpc) is 3.58. The molecule has 1 aromatic heterocycles. The number of fused-ring (bicyclic) bond motifs is 7. The molecule has 50 heavy (non-hydrogen) atoms. The van der Waals surface area contributed by atoms with Gasteiger partial charge < -0.3 is 9.32 Å². The van der Waals surface area contributed by atoms with Gasteiger partial charge in [0.25, 0.3) is 0 Å². The van der Waals surface area contributed by atoms with Crippen LogP contribution in [0.15, 0.2) is 192 Å². The predicted molar refractivity (Wildman–Crippen MR) is 212 cm³/mol. The molecule has 0 N–H and O–H groups in total. The van der Waals surface area contributed by atoms with E-state index in [1.165, 1.54) is 38.2 Å². The Bertz CT molecular complexity index is 2790. The lowest BCUT2D eigenvalue weighted by atomic mass is 9.91. The molecule has 0 saturated heterocycles. The number of hydrogen-bond acceptors (Lipinski definition) is 2. The molecular weight excluding hydrogens is 607 g/mol. The molecule has 0 saturated carbocycles. The second-order valence-corrected chi connectivity index (χ2v) is 12.8. The molecule has 234 valence electrons. The maximum Gasteiger partial charge on any atom is 0.143 e. The lowest BCUT2D eigenvalue weighted by molar-refractivity contribution is 0.673. The summed E-state index contributed by atoms with van der Waals surface area (Å²) in [6.07, 6.45) is 0. The Morgan fingerprint density at radius 2 is 0.860 bits per heavy atom. The largest absolute Gasteiger partial charge is 0.455 e. The van der Waals surface area contributed by atoms with E-state index in [0.717, 1.165) is 55.3 Å². The standard InChI is InChI=1S/C48H31NO/c1-2-15-32(16-3-1)35-21-8-9-24-38(35)40-27-14-30-46-47(40)42-31-45(39-25-10-11-26-41(39)48(42)50-46)49(43-28-12-19-33-17-4-6-22-36(33)43)44-29-13-20-34-18-5-7-23-37(34)44/h1-31H. The van der Waals surface area contributed by atoms with Gasteiger partial charge in [0.1, 0.15) is 11.2 Å². The number of rotatable bonds is 5. The van der Waals surface area contributed by atoms with Crippen LogP contribution in [0.3, 0.4) is 0 Å². The van der Waals surface area contributed by atoms with Gasteiger partial charge in [-0.25, -0.2) is 0 Å². The van der Waals surface area contributed by atoms with Gasteiger partial charge in [-0.3, -0.25) is 0 Å². The summed E-state index contributed by atoms with van der Waals surface area (Å²) in [6.45, 7) is 0. The van der Waals surface area contributed by atoms with E-state index in [2.05, 4.69) is 193 Å². The van der Waals surface area contributed by atoms with Crippen LogP contribution < -0.4 is 4.90 Å². The Hall–Kier alpha value is -6.64. The third kappa shape index (κ3) is 4.43. The average molecular weight is 638 g/mol. The van der Waals surface area contributed by atoms with Gasteiger partial charge in [0, 0.05) is 32.3 Å². The lowest BCUT2D eigenvalue weighted by Crippen LogP contribution is -2.11. The van der Waals surface area contributed by atoms with Gasteiger partial charge in [0.05, 0.1) is 17.1 Å². The highest BCUT2D eigenvalue weighted by molar-refractivity contribution is 6.23. The van der Waals surface area contributed by atoms with E-state index in [0.29, 0.717) is 0 Å². The van der Waals surface area contributed by atoms with Crippen LogP contribution in [0.5, 0.6) is 0 Å². The van der Waals surface area contributed by atoms with E-state index < -0.39 is 0 Å². The van der Waals surface area contributed by atoms with Crippen molar-refractivity contribution in [2.75, 3.05) is 4.90 Å². The van der Waals surface area contributed by atoms with Gasteiger partial charge in [-0.1, -0.05) is 164 Å². The number of hydrogen-bond donors (Lipinski definition) is 0. The van der Waals surface area contributed by atoms with Gasteiger partial charge in [-0.15, -0.1) is 0 Å². The number of nitrogens with zero attached hydrogens (tertiary/aromatic N) is 1. The van der Waals surface area contributed by atoms with Crippen LogP contribution >= 0.6 is 0 Å². The third-order valence-electron chi connectivity index (χ3n) is 10.0. The van der Waals surface area contributed by atoms with E-state index in [4.69, 9.17) is 4.42 Å². The van der Waals surface area contributed by atoms with Crippen molar-refractivity contribution < 1.29 is 4.42 Å². The summed E-state index contributed by atoms with van der Waals surface area (Å²) in [5.74, 6) is 0. The van der Waals surface area contributed by atoms with Crippen LogP contribution in [0.1, 0.15) is 0 Å². The summed E-state index contributed by atoms with van der Waals surface area (Å²) in [7, 11) is 0. The number of furan rings is 1. The van der Waals surface area contributed by atoms with Crippen LogP contribution in [-0.2, 0) is 0 Å². The molecule has 0 fully saturated rings. The molecule has 0 aliphatic carbocycles. The molecule has 0 unspecified atom stereocenters. The zero-order valence-electron chi connectivity index (χ0n) is 27.3. The Labute approximate surface area is 290 Å². The third-order valence-corrected chi connectivity index (χ3v) is 10.0. The Balaban J connectivity index is 1.34. The van der Waals surface area contributed by atoms with E-state index in [1.807, 2.05) is 0 Å². The monoisotopic (exact) mass is 637 g/mol. The smallest absolute Gasteiger partial charge is 0.143 e. The van der Waals surface area contributed by atoms with Crippen molar-refractivity contribution in [1.29, 1.82) is 0 Å². The van der Waals surface area contributed by atoms with Crippen LogP contribution in [0, 0.1) is 0 Å². The normalized spacial score (nSPS) is 11.6. The summed E-state index contributed by atoms with van der Waals surface area (Å²) >= 11 is 0. The minimum absolute atomic E-state index is 0.879. The first-order chi connectivity index (χ1) is 24.8. The molecule has 2 heteroatoms. The molecule has 1 heterocycles. The fourth-order valence-electron chi connectivity index (χ4n) is 7.82. The first kappa shape index (κ1) is 28.4. The second-order valence-electron chi connectivity index (χ2n) is 12.8. The van der Waals surface area contributed by atoms with Gasteiger partial charge in [-0.2, -0.15) is 0 Å². The van der Waals surface area contributed by atoms with Gasteiger partial charge in [0.15, 0.2) is 0 Å². The highest BCUT2D eigenvalue weighted by Gasteiger charge is 2.24.